The second kappa shape index (κ2) is 8.85. The maximum absolute atomic E-state index is 12.2. The van der Waals surface area contributed by atoms with Crippen LogP contribution in [0.2, 0.25) is 0 Å². The Balaban J connectivity index is 1.55. The summed E-state index contributed by atoms with van der Waals surface area (Å²) < 4.78 is 11.8. The molecule has 8 heteroatoms. The minimum atomic E-state index is -0.313. The number of hydrogen-bond acceptors (Lipinski definition) is 5. The lowest BCUT2D eigenvalue weighted by atomic mass is 10.2. The molecule has 0 spiro atoms. The highest BCUT2D eigenvalue weighted by molar-refractivity contribution is 14.1. The molecule has 140 valence electrons. The van der Waals surface area contributed by atoms with Crippen molar-refractivity contribution in [1.29, 1.82) is 0 Å². The van der Waals surface area contributed by atoms with Gasteiger partial charge in [0.1, 0.15) is 13.2 Å². The van der Waals surface area contributed by atoms with Gasteiger partial charge in [-0.15, -0.1) is 0 Å². The number of hydrogen-bond donors (Lipinski definition) is 2. The van der Waals surface area contributed by atoms with Gasteiger partial charge in [-0.2, -0.15) is 5.10 Å². The number of carbonyl (C=O) groups excluding carboxylic acids is 2. The maximum Gasteiger partial charge on any atom is 0.272 e. The monoisotopic (exact) mass is 479 g/mol. The van der Waals surface area contributed by atoms with Gasteiger partial charge in [-0.1, -0.05) is 12.1 Å². The van der Waals surface area contributed by atoms with Gasteiger partial charge < -0.3 is 14.8 Å². The van der Waals surface area contributed by atoms with Gasteiger partial charge in [-0.3, -0.25) is 9.59 Å². The summed E-state index contributed by atoms with van der Waals surface area (Å²) in [5.74, 6) is 0.715. The first kappa shape index (κ1) is 19.2. The van der Waals surface area contributed by atoms with E-state index in [9.17, 15) is 9.59 Å². The first-order valence-electron chi connectivity index (χ1n) is 8.30. The molecule has 2 amide bonds. The second-order valence-corrected chi connectivity index (χ2v) is 7.01. The van der Waals surface area contributed by atoms with Crippen LogP contribution in [-0.2, 0) is 4.79 Å². The molecule has 0 saturated heterocycles. The molecule has 7 nitrogen and oxygen atoms in total. The average Bonchev–Trinajstić information content (AvgIpc) is 2.66. The van der Waals surface area contributed by atoms with Crippen LogP contribution in [0.3, 0.4) is 0 Å². The van der Waals surface area contributed by atoms with E-state index in [1.807, 2.05) is 12.1 Å². The van der Waals surface area contributed by atoms with Gasteiger partial charge in [0.05, 0.1) is 12.0 Å². The zero-order chi connectivity index (χ0) is 19.2. The Morgan fingerprint density at radius 1 is 1.11 bits per heavy atom. The molecule has 27 heavy (non-hydrogen) atoms. The highest BCUT2D eigenvalue weighted by Crippen LogP contribution is 2.32. The van der Waals surface area contributed by atoms with Crippen molar-refractivity contribution < 1.29 is 19.1 Å². The largest absolute Gasteiger partial charge is 0.486 e. The number of ether oxygens (including phenoxy) is 2. The summed E-state index contributed by atoms with van der Waals surface area (Å²) in [5, 5.41) is 6.78. The molecule has 0 saturated carbocycles. The average molecular weight is 479 g/mol. The number of fused-ring (bicyclic) bond motifs is 1. The van der Waals surface area contributed by atoms with E-state index in [1.165, 1.54) is 0 Å². The summed E-state index contributed by atoms with van der Waals surface area (Å²) in [6.45, 7) is 2.68. The van der Waals surface area contributed by atoms with Gasteiger partial charge >= 0.3 is 0 Å². The molecule has 0 aliphatic carbocycles. The molecule has 2 aromatic carbocycles. The summed E-state index contributed by atoms with van der Waals surface area (Å²) in [7, 11) is 0. The lowest BCUT2D eigenvalue weighted by Gasteiger charge is -2.19. The smallest absolute Gasteiger partial charge is 0.272 e. The van der Waals surface area contributed by atoms with Crippen LogP contribution in [0.1, 0.15) is 23.7 Å². The number of amides is 2. The summed E-state index contributed by atoms with van der Waals surface area (Å²) in [5.41, 5.74) is 4.12. The fourth-order valence-corrected chi connectivity index (χ4v) is 3.08. The van der Waals surface area contributed by atoms with Crippen LogP contribution in [0.5, 0.6) is 11.5 Å². The van der Waals surface area contributed by atoms with Gasteiger partial charge in [-0.25, -0.2) is 5.43 Å². The van der Waals surface area contributed by atoms with Crippen molar-refractivity contribution in [2.45, 2.75) is 13.3 Å². The van der Waals surface area contributed by atoms with E-state index in [1.54, 1.807) is 37.3 Å². The quantitative estimate of drug-likeness (QED) is 0.392. The fourth-order valence-electron chi connectivity index (χ4n) is 2.45. The van der Waals surface area contributed by atoms with Gasteiger partial charge in [0.25, 0.3) is 5.91 Å². The second-order valence-electron chi connectivity index (χ2n) is 5.85. The number of halogens is 1. The third-order valence-corrected chi connectivity index (χ3v) is 4.65. The minimum absolute atomic E-state index is 0.0562. The van der Waals surface area contributed by atoms with Crippen molar-refractivity contribution in [3.8, 4) is 11.5 Å². The first-order valence-corrected chi connectivity index (χ1v) is 9.38. The molecule has 2 aromatic rings. The molecule has 0 aromatic heterocycles. The summed E-state index contributed by atoms with van der Waals surface area (Å²) in [6, 6.07) is 12.4. The first-order chi connectivity index (χ1) is 13.0. The molecule has 1 aliphatic heterocycles. The van der Waals surface area contributed by atoms with E-state index >= 15 is 0 Å². The van der Waals surface area contributed by atoms with Crippen molar-refractivity contribution in [2.75, 3.05) is 18.5 Å². The van der Waals surface area contributed by atoms with Crippen molar-refractivity contribution in [3.63, 3.8) is 0 Å². The number of nitrogens with zero attached hydrogens (tertiary/aromatic N) is 1. The topological polar surface area (TPSA) is 89.0 Å². The van der Waals surface area contributed by atoms with Crippen molar-refractivity contribution >= 4 is 45.8 Å². The van der Waals surface area contributed by atoms with Gasteiger partial charge in [0.15, 0.2) is 11.5 Å². The predicted octanol–water partition coefficient (Wildman–Crippen LogP) is 3.20. The molecule has 3 rings (SSSR count). The van der Waals surface area contributed by atoms with Crippen LogP contribution in [0, 0.1) is 3.57 Å². The van der Waals surface area contributed by atoms with Gasteiger partial charge in [-0.05, 0) is 53.8 Å². The molecule has 0 unspecified atom stereocenters. The zero-order valence-corrected chi connectivity index (χ0v) is 16.8. The molecule has 1 aliphatic rings. The van der Waals surface area contributed by atoms with Crippen LogP contribution < -0.4 is 20.2 Å². The summed E-state index contributed by atoms with van der Waals surface area (Å²) in [6.07, 6.45) is 0.0562. The predicted molar refractivity (Wildman–Crippen MR) is 110 cm³/mol. The Kier molecular flexibility index (Phi) is 6.28. The molecule has 2 N–H and O–H groups in total. The number of anilines is 1. The van der Waals surface area contributed by atoms with E-state index in [-0.39, 0.29) is 18.2 Å². The van der Waals surface area contributed by atoms with Crippen LogP contribution in [0.15, 0.2) is 47.6 Å². The van der Waals surface area contributed by atoms with E-state index < -0.39 is 0 Å². The summed E-state index contributed by atoms with van der Waals surface area (Å²) in [4.78, 5) is 24.3. The van der Waals surface area contributed by atoms with Crippen LogP contribution in [0.25, 0.3) is 0 Å². The Morgan fingerprint density at radius 2 is 1.85 bits per heavy atom. The Morgan fingerprint density at radius 3 is 2.63 bits per heavy atom. The van der Waals surface area contributed by atoms with E-state index in [0.29, 0.717) is 41.7 Å². The molecule has 0 atom stereocenters. The fraction of sp³-hybridized carbons (Fsp3) is 0.211. The lowest BCUT2D eigenvalue weighted by molar-refractivity contribution is -0.115. The maximum atomic E-state index is 12.2. The number of carbonyl (C=O) groups is 2. The summed E-state index contributed by atoms with van der Waals surface area (Å²) >= 11 is 2.09. The van der Waals surface area contributed by atoms with Crippen molar-refractivity contribution in [2.24, 2.45) is 5.10 Å². The van der Waals surface area contributed by atoms with Crippen molar-refractivity contribution in [3.05, 3.63) is 51.6 Å². The normalized spacial score (nSPS) is 13.0. The van der Waals surface area contributed by atoms with Crippen LogP contribution in [0.4, 0.5) is 5.69 Å². The van der Waals surface area contributed by atoms with Crippen LogP contribution in [-0.4, -0.2) is 30.7 Å². The number of benzene rings is 2. The Hall–Kier alpha value is -2.62. The van der Waals surface area contributed by atoms with E-state index in [0.717, 1.165) is 3.57 Å². The standard InChI is InChI=1S/C19H18IN3O4/c1-12(22-23-19(25)14-4-2-3-5-15(14)20)10-18(24)21-13-6-7-16-17(11-13)27-9-8-26-16/h2-7,11H,8-10H2,1H3,(H,21,24)(H,23,25)/b22-12+. The highest BCUT2D eigenvalue weighted by Gasteiger charge is 2.13. The van der Waals surface area contributed by atoms with Gasteiger partial charge in [0.2, 0.25) is 5.91 Å². The third kappa shape index (κ3) is 5.19. The highest BCUT2D eigenvalue weighted by atomic mass is 127. The van der Waals surface area contributed by atoms with Gasteiger partial charge in [0, 0.05) is 21.0 Å². The number of nitrogens with one attached hydrogen (secondary N) is 2. The molecule has 1 heterocycles. The van der Waals surface area contributed by atoms with E-state index in [2.05, 4.69) is 38.4 Å². The number of hydrazone groups is 1. The molecule has 0 radical (unpaired) electrons. The lowest BCUT2D eigenvalue weighted by Crippen LogP contribution is -2.22. The molecule has 0 fully saturated rings. The SMILES string of the molecule is C/C(CC(=O)Nc1ccc2c(c1)OCCO2)=N\NC(=O)c1ccccc1I. The Bertz CT molecular complexity index is 898. The Labute approximate surface area is 170 Å². The van der Waals surface area contributed by atoms with E-state index in [4.69, 9.17) is 9.47 Å². The minimum Gasteiger partial charge on any atom is -0.486 e. The van der Waals surface area contributed by atoms with Crippen LogP contribution >= 0.6 is 22.6 Å². The molecular formula is C19H18IN3O4. The molecular weight excluding hydrogens is 461 g/mol. The number of rotatable bonds is 5. The zero-order valence-electron chi connectivity index (χ0n) is 14.6. The van der Waals surface area contributed by atoms with Crippen molar-refractivity contribution in [1.82, 2.24) is 5.43 Å². The third-order valence-electron chi connectivity index (χ3n) is 3.71. The molecule has 0 bridgehead atoms.